The van der Waals surface area contributed by atoms with E-state index in [1.165, 1.54) is 4.90 Å². The van der Waals surface area contributed by atoms with Crippen molar-refractivity contribution in [2.45, 2.75) is 12.5 Å². The fourth-order valence-corrected chi connectivity index (χ4v) is 1.41. The molecule has 0 spiro atoms. The number of carbonyl (C=O) groups is 1. The molecule has 0 aliphatic heterocycles. The number of aliphatic hydroxyl groups is 1. The third-order valence-electron chi connectivity index (χ3n) is 2.34. The first-order valence-corrected chi connectivity index (χ1v) is 5.21. The van der Waals surface area contributed by atoms with Gasteiger partial charge in [0.05, 0.1) is 6.61 Å². The van der Waals surface area contributed by atoms with Crippen molar-refractivity contribution in [3.8, 4) is 0 Å². The van der Waals surface area contributed by atoms with Gasteiger partial charge < -0.3 is 15.7 Å². The largest absolute Gasteiger partial charge is 0.395 e. The zero-order valence-electron chi connectivity index (χ0n) is 9.68. The average Bonchev–Trinajstić information content (AvgIpc) is 2.28. The van der Waals surface area contributed by atoms with Crippen molar-refractivity contribution in [2.75, 3.05) is 20.7 Å². The topological polar surface area (TPSA) is 66.6 Å². The molecule has 0 fully saturated rings. The number of hydrogen-bond donors (Lipinski definition) is 2. The minimum absolute atomic E-state index is 0.0157. The van der Waals surface area contributed by atoms with E-state index in [4.69, 9.17) is 10.8 Å². The fourth-order valence-electron chi connectivity index (χ4n) is 1.41. The van der Waals surface area contributed by atoms with Crippen LogP contribution in [0, 0.1) is 0 Å². The lowest BCUT2D eigenvalue weighted by Gasteiger charge is -2.11. The maximum atomic E-state index is 11.6. The van der Waals surface area contributed by atoms with Gasteiger partial charge in [-0.25, -0.2) is 0 Å². The maximum Gasteiger partial charge on any atom is 0.253 e. The van der Waals surface area contributed by atoms with Crippen molar-refractivity contribution >= 4 is 5.91 Å². The minimum Gasteiger partial charge on any atom is -0.395 e. The van der Waals surface area contributed by atoms with Crippen molar-refractivity contribution in [3.05, 3.63) is 35.4 Å². The smallest absolute Gasteiger partial charge is 0.253 e. The molecule has 0 aromatic heterocycles. The predicted molar refractivity (Wildman–Crippen MR) is 63.2 cm³/mol. The third-order valence-corrected chi connectivity index (χ3v) is 2.34. The van der Waals surface area contributed by atoms with Crippen LogP contribution in [-0.2, 0) is 6.42 Å². The highest BCUT2D eigenvalue weighted by atomic mass is 16.3. The van der Waals surface area contributed by atoms with Gasteiger partial charge >= 0.3 is 0 Å². The Labute approximate surface area is 95.7 Å². The molecule has 3 N–H and O–H groups in total. The van der Waals surface area contributed by atoms with Gasteiger partial charge in [-0.05, 0) is 24.1 Å². The van der Waals surface area contributed by atoms with E-state index in [2.05, 4.69) is 0 Å². The summed E-state index contributed by atoms with van der Waals surface area (Å²) in [4.78, 5) is 13.1. The van der Waals surface area contributed by atoms with Crippen molar-refractivity contribution in [3.63, 3.8) is 0 Å². The van der Waals surface area contributed by atoms with Gasteiger partial charge in [0.2, 0.25) is 0 Å². The molecule has 88 valence electrons. The lowest BCUT2D eigenvalue weighted by molar-refractivity contribution is 0.0827. The van der Waals surface area contributed by atoms with Gasteiger partial charge in [-0.1, -0.05) is 12.1 Å². The van der Waals surface area contributed by atoms with Crippen molar-refractivity contribution in [1.82, 2.24) is 4.90 Å². The molecular weight excluding hydrogens is 204 g/mol. The Morgan fingerprint density at radius 2 is 1.94 bits per heavy atom. The Kier molecular flexibility index (Phi) is 4.46. The van der Waals surface area contributed by atoms with E-state index in [0.717, 1.165) is 5.56 Å². The maximum absolute atomic E-state index is 11.6. The lowest BCUT2D eigenvalue weighted by atomic mass is 10.0. The van der Waals surface area contributed by atoms with E-state index in [1.807, 2.05) is 12.1 Å². The molecule has 1 aromatic carbocycles. The fraction of sp³-hybridized carbons (Fsp3) is 0.417. The Morgan fingerprint density at radius 1 is 1.38 bits per heavy atom. The van der Waals surface area contributed by atoms with Crippen LogP contribution in [0.2, 0.25) is 0 Å². The summed E-state index contributed by atoms with van der Waals surface area (Å²) in [6.07, 6.45) is 0.618. The van der Waals surface area contributed by atoms with Crippen molar-refractivity contribution < 1.29 is 9.90 Å². The average molecular weight is 222 g/mol. The van der Waals surface area contributed by atoms with E-state index >= 15 is 0 Å². The minimum atomic E-state index is -0.240. The van der Waals surface area contributed by atoms with Gasteiger partial charge in [-0.15, -0.1) is 0 Å². The third kappa shape index (κ3) is 3.32. The molecule has 0 aliphatic rings. The number of nitrogens with zero attached hydrogens (tertiary/aromatic N) is 1. The monoisotopic (exact) mass is 222 g/mol. The van der Waals surface area contributed by atoms with Crippen LogP contribution in [0.4, 0.5) is 0 Å². The molecule has 0 heterocycles. The first kappa shape index (κ1) is 12.7. The van der Waals surface area contributed by atoms with E-state index in [-0.39, 0.29) is 18.6 Å². The molecule has 16 heavy (non-hydrogen) atoms. The van der Waals surface area contributed by atoms with Crippen LogP contribution in [0.25, 0.3) is 0 Å². The number of rotatable bonds is 4. The van der Waals surface area contributed by atoms with E-state index < -0.39 is 0 Å². The highest BCUT2D eigenvalue weighted by Crippen LogP contribution is 2.07. The number of hydrogen-bond acceptors (Lipinski definition) is 3. The molecule has 0 saturated carbocycles. The Morgan fingerprint density at radius 3 is 2.38 bits per heavy atom. The Bertz CT molecular complexity index is 347. The first-order chi connectivity index (χ1) is 7.54. The van der Waals surface area contributed by atoms with E-state index in [0.29, 0.717) is 12.0 Å². The van der Waals surface area contributed by atoms with Crippen molar-refractivity contribution in [2.24, 2.45) is 5.73 Å². The summed E-state index contributed by atoms with van der Waals surface area (Å²) >= 11 is 0. The predicted octanol–water partition coefficient (Wildman–Crippen LogP) is 0.251. The SMILES string of the molecule is CN(C)C(=O)c1ccc(CC(N)CO)cc1. The van der Waals surface area contributed by atoms with Crippen LogP contribution in [0.15, 0.2) is 24.3 Å². The molecule has 1 aromatic rings. The summed E-state index contributed by atoms with van der Waals surface area (Å²) in [7, 11) is 3.44. The van der Waals surface area contributed by atoms with E-state index in [9.17, 15) is 4.79 Å². The van der Waals surface area contributed by atoms with Crippen LogP contribution in [0.1, 0.15) is 15.9 Å². The van der Waals surface area contributed by atoms with Crippen LogP contribution in [0.3, 0.4) is 0 Å². The van der Waals surface area contributed by atoms with E-state index in [1.54, 1.807) is 26.2 Å². The van der Waals surface area contributed by atoms with Crippen LogP contribution < -0.4 is 5.73 Å². The summed E-state index contributed by atoms with van der Waals surface area (Å²) in [5, 5.41) is 8.83. The van der Waals surface area contributed by atoms with Gasteiger partial charge in [0, 0.05) is 25.7 Å². The van der Waals surface area contributed by atoms with Crippen LogP contribution in [0.5, 0.6) is 0 Å². The van der Waals surface area contributed by atoms with Gasteiger partial charge in [0.15, 0.2) is 0 Å². The zero-order valence-corrected chi connectivity index (χ0v) is 9.68. The van der Waals surface area contributed by atoms with Gasteiger partial charge in [-0.3, -0.25) is 4.79 Å². The summed E-state index contributed by atoms with van der Waals surface area (Å²) in [5.41, 5.74) is 7.31. The molecule has 0 radical (unpaired) electrons. The summed E-state index contributed by atoms with van der Waals surface area (Å²) in [6.45, 7) is -0.0294. The normalized spacial score (nSPS) is 12.2. The molecule has 4 nitrogen and oxygen atoms in total. The summed E-state index contributed by atoms with van der Waals surface area (Å²) in [5.74, 6) is -0.0157. The summed E-state index contributed by atoms with van der Waals surface area (Å²) in [6, 6.07) is 7.05. The zero-order chi connectivity index (χ0) is 12.1. The number of amides is 1. The molecule has 1 rings (SSSR count). The molecule has 4 heteroatoms. The molecule has 1 atom stereocenters. The quantitative estimate of drug-likeness (QED) is 0.767. The second-order valence-electron chi connectivity index (χ2n) is 4.04. The molecular formula is C12H18N2O2. The summed E-state index contributed by atoms with van der Waals surface area (Å²) < 4.78 is 0. The second kappa shape index (κ2) is 5.63. The second-order valence-corrected chi connectivity index (χ2v) is 4.04. The van der Waals surface area contributed by atoms with Gasteiger partial charge in [0.1, 0.15) is 0 Å². The first-order valence-electron chi connectivity index (χ1n) is 5.21. The standard InChI is InChI=1S/C12H18N2O2/c1-14(2)12(16)10-5-3-9(4-6-10)7-11(13)8-15/h3-6,11,15H,7-8,13H2,1-2H3. The van der Waals surface area contributed by atoms with Crippen LogP contribution in [-0.4, -0.2) is 42.7 Å². The number of nitrogens with two attached hydrogens (primary N) is 1. The molecule has 1 amide bonds. The number of aliphatic hydroxyl groups excluding tert-OH is 1. The molecule has 0 bridgehead atoms. The Hall–Kier alpha value is -1.39. The molecule has 0 aliphatic carbocycles. The highest BCUT2D eigenvalue weighted by Gasteiger charge is 2.08. The number of carbonyl (C=O) groups excluding carboxylic acids is 1. The molecule has 0 saturated heterocycles. The Balaban J connectivity index is 2.71. The van der Waals surface area contributed by atoms with Gasteiger partial charge in [0.25, 0.3) is 5.91 Å². The lowest BCUT2D eigenvalue weighted by Crippen LogP contribution is -2.27. The van der Waals surface area contributed by atoms with Gasteiger partial charge in [-0.2, -0.15) is 0 Å². The van der Waals surface area contributed by atoms with Crippen molar-refractivity contribution in [1.29, 1.82) is 0 Å². The molecule has 1 unspecified atom stereocenters. The number of benzene rings is 1. The highest BCUT2D eigenvalue weighted by molar-refractivity contribution is 5.93. The van der Waals surface area contributed by atoms with Crippen LogP contribution >= 0.6 is 0 Å².